The van der Waals surface area contributed by atoms with Gasteiger partial charge in [-0.15, -0.1) is 0 Å². The Hall–Kier alpha value is -1.52. The first kappa shape index (κ1) is 6.60. The van der Waals surface area contributed by atoms with Gasteiger partial charge in [-0.25, -0.2) is 9.86 Å². The third-order valence-electron chi connectivity index (χ3n) is 0.893. The maximum absolute atomic E-state index is 10.1. The molecular weight excluding hydrogens is 134 g/mol. The third kappa shape index (κ3) is 1.77. The topological polar surface area (TPSA) is 67.9 Å². The molecule has 1 amide bonds. The largest absolute Gasteiger partial charge is 0.429 e. The van der Waals surface area contributed by atoms with Crippen molar-refractivity contribution in [1.29, 1.82) is 0 Å². The molecule has 5 heteroatoms. The number of aliphatic imine (C=N–C) groups is 1. The van der Waals surface area contributed by atoms with Gasteiger partial charge in [0.1, 0.15) is 0 Å². The number of hydrogen-bond acceptors (Lipinski definition) is 4. The van der Waals surface area contributed by atoms with Crippen molar-refractivity contribution in [2.75, 3.05) is 6.54 Å². The first-order valence-corrected chi connectivity index (χ1v) is 2.71. The highest BCUT2D eigenvalue weighted by Crippen LogP contribution is 1.94. The van der Waals surface area contributed by atoms with Crippen LogP contribution >= 0.6 is 0 Å². The van der Waals surface area contributed by atoms with E-state index in [9.17, 15) is 4.79 Å². The second-order valence-electron chi connectivity index (χ2n) is 1.64. The first-order chi connectivity index (χ1) is 4.79. The summed E-state index contributed by atoms with van der Waals surface area (Å²) in [5.41, 5.74) is 4.74. The molecule has 2 N–H and O–H groups in total. The van der Waals surface area contributed by atoms with Crippen LogP contribution in [-0.2, 0) is 4.84 Å². The number of hydrogen-bond donors (Lipinski definition) is 1. The highest BCUT2D eigenvalue weighted by atomic mass is 16.7. The number of rotatable bonds is 1. The quantitative estimate of drug-likeness (QED) is 0.552. The summed E-state index contributed by atoms with van der Waals surface area (Å²) >= 11 is 0. The van der Waals surface area contributed by atoms with Crippen LogP contribution in [0.15, 0.2) is 17.4 Å². The van der Waals surface area contributed by atoms with Gasteiger partial charge in [-0.3, -0.25) is 4.99 Å². The van der Waals surface area contributed by atoms with Crippen molar-refractivity contribution < 1.29 is 9.63 Å². The monoisotopic (exact) mass is 141 g/mol. The SMILES string of the molecule is NC(=O)ON1C=CN=CC1. The van der Waals surface area contributed by atoms with E-state index in [0.717, 1.165) is 0 Å². The van der Waals surface area contributed by atoms with Crippen molar-refractivity contribution in [3.8, 4) is 0 Å². The minimum Gasteiger partial charge on any atom is -0.333 e. The standard InChI is InChI=1S/C5H7N3O2/c6-5(9)10-8-3-1-7-2-4-8/h1-3H,4H2,(H2,6,9). The van der Waals surface area contributed by atoms with Crippen LogP contribution in [0.25, 0.3) is 0 Å². The zero-order valence-electron chi connectivity index (χ0n) is 5.23. The van der Waals surface area contributed by atoms with Crippen LogP contribution in [0.5, 0.6) is 0 Å². The average molecular weight is 141 g/mol. The molecule has 0 fully saturated rings. The number of nitrogens with zero attached hydrogens (tertiary/aromatic N) is 2. The van der Waals surface area contributed by atoms with Gasteiger partial charge in [0, 0.05) is 12.4 Å². The lowest BCUT2D eigenvalue weighted by molar-refractivity contribution is -0.0400. The van der Waals surface area contributed by atoms with E-state index in [1.165, 1.54) is 17.5 Å². The molecule has 0 saturated carbocycles. The molecule has 54 valence electrons. The van der Waals surface area contributed by atoms with Crippen LogP contribution < -0.4 is 5.73 Å². The molecule has 0 radical (unpaired) electrons. The Bertz CT molecular complexity index is 187. The second-order valence-corrected chi connectivity index (χ2v) is 1.64. The van der Waals surface area contributed by atoms with Crippen molar-refractivity contribution >= 4 is 12.3 Å². The summed E-state index contributed by atoms with van der Waals surface area (Å²) in [6.07, 6.45) is 3.81. The molecule has 0 aromatic rings. The maximum Gasteiger partial charge on any atom is 0.429 e. The van der Waals surface area contributed by atoms with E-state index in [1.807, 2.05) is 0 Å². The van der Waals surface area contributed by atoms with Gasteiger partial charge in [0.25, 0.3) is 0 Å². The van der Waals surface area contributed by atoms with Crippen LogP contribution in [0.4, 0.5) is 4.79 Å². The molecule has 5 nitrogen and oxygen atoms in total. The summed E-state index contributed by atoms with van der Waals surface area (Å²) < 4.78 is 0. The van der Waals surface area contributed by atoms with Gasteiger partial charge in [0.15, 0.2) is 0 Å². The Morgan fingerprint density at radius 2 is 2.60 bits per heavy atom. The summed E-state index contributed by atoms with van der Waals surface area (Å²) in [7, 11) is 0. The van der Waals surface area contributed by atoms with E-state index in [2.05, 4.69) is 9.83 Å². The van der Waals surface area contributed by atoms with E-state index in [0.29, 0.717) is 6.54 Å². The smallest absolute Gasteiger partial charge is 0.333 e. The highest BCUT2D eigenvalue weighted by Gasteiger charge is 2.02. The predicted octanol–water partition coefficient (Wildman–Crippen LogP) is -0.146. The van der Waals surface area contributed by atoms with Crippen molar-refractivity contribution in [3.05, 3.63) is 12.4 Å². The highest BCUT2D eigenvalue weighted by molar-refractivity contribution is 5.65. The number of nitrogens with two attached hydrogens (primary N) is 1. The second kappa shape index (κ2) is 2.86. The van der Waals surface area contributed by atoms with Crippen molar-refractivity contribution in [2.24, 2.45) is 10.7 Å². The van der Waals surface area contributed by atoms with Gasteiger partial charge >= 0.3 is 6.09 Å². The summed E-state index contributed by atoms with van der Waals surface area (Å²) in [5.74, 6) is 0. The number of primary amides is 1. The molecule has 0 unspecified atom stereocenters. The summed E-state index contributed by atoms with van der Waals surface area (Å²) in [6.45, 7) is 0.444. The maximum atomic E-state index is 10.1. The zero-order chi connectivity index (χ0) is 7.40. The molecule has 1 aliphatic rings. The first-order valence-electron chi connectivity index (χ1n) is 2.71. The molecule has 0 aliphatic carbocycles. The van der Waals surface area contributed by atoms with E-state index in [-0.39, 0.29) is 0 Å². The lowest BCUT2D eigenvalue weighted by Gasteiger charge is -2.16. The van der Waals surface area contributed by atoms with E-state index >= 15 is 0 Å². The van der Waals surface area contributed by atoms with Crippen LogP contribution in [0, 0.1) is 0 Å². The van der Waals surface area contributed by atoms with Crippen LogP contribution in [0.2, 0.25) is 0 Å². The van der Waals surface area contributed by atoms with E-state index in [4.69, 9.17) is 5.73 Å². The Balaban J connectivity index is 2.37. The van der Waals surface area contributed by atoms with Crippen LogP contribution in [0.3, 0.4) is 0 Å². The Kier molecular flexibility index (Phi) is 1.89. The molecule has 1 rings (SSSR count). The van der Waals surface area contributed by atoms with Gasteiger partial charge < -0.3 is 10.6 Å². The molecule has 0 aromatic carbocycles. The van der Waals surface area contributed by atoms with E-state index in [1.54, 1.807) is 6.21 Å². The molecule has 0 aromatic heterocycles. The van der Waals surface area contributed by atoms with Crippen LogP contribution in [0.1, 0.15) is 0 Å². The molecular formula is C5H7N3O2. The molecule has 10 heavy (non-hydrogen) atoms. The summed E-state index contributed by atoms with van der Waals surface area (Å²) in [5, 5.41) is 1.29. The average Bonchev–Trinajstić information content (AvgIpc) is 1.88. The molecule has 1 heterocycles. The fourth-order valence-corrected chi connectivity index (χ4v) is 0.545. The zero-order valence-corrected chi connectivity index (χ0v) is 5.23. The Morgan fingerprint density at radius 3 is 3.10 bits per heavy atom. The van der Waals surface area contributed by atoms with Crippen LogP contribution in [-0.4, -0.2) is 23.9 Å². The minimum absolute atomic E-state index is 0.444. The molecule has 0 saturated heterocycles. The van der Waals surface area contributed by atoms with Gasteiger partial charge in [-0.1, -0.05) is 0 Å². The minimum atomic E-state index is -0.819. The number of amides is 1. The molecule has 0 bridgehead atoms. The molecule has 1 aliphatic heterocycles. The lowest BCUT2D eigenvalue weighted by Crippen LogP contribution is -2.28. The number of carbonyl (C=O) groups excluding carboxylic acids is 1. The molecule has 0 atom stereocenters. The van der Waals surface area contributed by atoms with Gasteiger partial charge in [-0.2, -0.15) is 0 Å². The van der Waals surface area contributed by atoms with Crippen molar-refractivity contribution in [1.82, 2.24) is 5.06 Å². The normalized spacial score (nSPS) is 15.4. The number of hydroxylamine groups is 2. The van der Waals surface area contributed by atoms with E-state index < -0.39 is 6.09 Å². The Morgan fingerprint density at radius 1 is 1.80 bits per heavy atom. The van der Waals surface area contributed by atoms with Crippen molar-refractivity contribution in [3.63, 3.8) is 0 Å². The summed E-state index contributed by atoms with van der Waals surface area (Å²) in [4.78, 5) is 18.4. The Labute approximate surface area is 57.7 Å². The third-order valence-corrected chi connectivity index (χ3v) is 0.893. The number of carbonyl (C=O) groups is 1. The van der Waals surface area contributed by atoms with Gasteiger partial charge in [-0.05, 0) is 0 Å². The fourth-order valence-electron chi connectivity index (χ4n) is 0.545. The molecule has 0 spiro atoms. The van der Waals surface area contributed by atoms with Gasteiger partial charge in [0.2, 0.25) is 0 Å². The van der Waals surface area contributed by atoms with Gasteiger partial charge in [0.05, 0.1) is 12.7 Å². The summed E-state index contributed by atoms with van der Waals surface area (Å²) in [6, 6.07) is 0. The lowest BCUT2D eigenvalue weighted by atomic mass is 10.6. The van der Waals surface area contributed by atoms with Crippen molar-refractivity contribution in [2.45, 2.75) is 0 Å². The predicted molar refractivity (Wildman–Crippen MR) is 35.0 cm³/mol. The fraction of sp³-hybridized carbons (Fsp3) is 0.200.